The van der Waals surface area contributed by atoms with Crippen molar-refractivity contribution in [2.75, 3.05) is 13.7 Å². The van der Waals surface area contributed by atoms with E-state index in [0.717, 1.165) is 19.3 Å². The van der Waals surface area contributed by atoms with Crippen LogP contribution in [0.1, 0.15) is 37.7 Å². The van der Waals surface area contributed by atoms with Gasteiger partial charge in [0.05, 0.1) is 0 Å². The van der Waals surface area contributed by atoms with Crippen LogP contribution in [0.25, 0.3) is 0 Å². The van der Waals surface area contributed by atoms with Gasteiger partial charge >= 0.3 is 0 Å². The number of carbonyl (C=O) groups excluding carboxylic acids is 1. The summed E-state index contributed by atoms with van der Waals surface area (Å²) in [6, 6.07) is 10.6. The number of Topliss-reactive ketones (excluding diaryl/α,β-unsaturated/α-hetero) is 1. The molecule has 98 valence electrons. The van der Waals surface area contributed by atoms with Crippen LogP contribution in [0.15, 0.2) is 30.3 Å². The molecule has 2 rings (SSSR count). The van der Waals surface area contributed by atoms with Gasteiger partial charge < -0.3 is 4.74 Å². The molecule has 0 aromatic heterocycles. The third-order valence-electron chi connectivity index (χ3n) is 4.08. The number of carbonyl (C=O) groups is 1. The smallest absolute Gasteiger partial charge is 0.136 e. The van der Waals surface area contributed by atoms with Gasteiger partial charge in [0.15, 0.2) is 0 Å². The highest BCUT2D eigenvalue weighted by atomic mass is 16.5. The van der Waals surface area contributed by atoms with E-state index < -0.39 is 0 Å². The summed E-state index contributed by atoms with van der Waals surface area (Å²) in [5.74, 6) is 1.46. The number of benzene rings is 1. The van der Waals surface area contributed by atoms with Crippen molar-refractivity contribution in [3.8, 4) is 0 Å². The van der Waals surface area contributed by atoms with E-state index in [0.29, 0.717) is 24.2 Å². The zero-order valence-corrected chi connectivity index (χ0v) is 11.3. The standard InChI is InChI=1S/C16H22O2/c1-12(11-18-2)15-10-14(8-9-16(15)17)13-6-4-3-5-7-13/h3-7,12,14-15H,8-11H2,1-2H3. The van der Waals surface area contributed by atoms with Crippen molar-refractivity contribution >= 4 is 5.78 Å². The first-order valence-corrected chi connectivity index (χ1v) is 6.79. The lowest BCUT2D eigenvalue weighted by atomic mass is 9.73. The van der Waals surface area contributed by atoms with E-state index in [1.54, 1.807) is 7.11 Å². The summed E-state index contributed by atoms with van der Waals surface area (Å²) in [6.45, 7) is 2.80. The fourth-order valence-electron chi connectivity index (χ4n) is 3.01. The minimum atomic E-state index is 0.170. The maximum absolute atomic E-state index is 12.0. The van der Waals surface area contributed by atoms with Crippen molar-refractivity contribution in [3.05, 3.63) is 35.9 Å². The van der Waals surface area contributed by atoms with Crippen molar-refractivity contribution in [2.45, 2.75) is 32.1 Å². The van der Waals surface area contributed by atoms with Crippen molar-refractivity contribution in [3.63, 3.8) is 0 Å². The monoisotopic (exact) mass is 246 g/mol. The SMILES string of the molecule is COCC(C)C1CC(c2ccccc2)CCC1=O. The lowest BCUT2D eigenvalue weighted by Gasteiger charge is -2.31. The van der Waals surface area contributed by atoms with Gasteiger partial charge in [-0.3, -0.25) is 4.79 Å². The molecule has 2 nitrogen and oxygen atoms in total. The summed E-state index contributed by atoms with van der Waals surface area (Å²) in [6.07, 6.45) is 2.70. The fraction of sp³-hybridized carbons (Fsp3) is 0.562. The highest BCUT2D eigenvalue weighted by Gasteiger charge is 2.32. The van der Waals surface area contributed by atoms with Crippen LogP contribution in [-0.2, 0) is 9.53 Å². The van der Waals surface area contributed by atoms with Crippen LogP contribution in [0.3, 0.4) is 0 Å². The molecule has 18 heavy (non-hydrogen) atoms. The van der Waals surface area contributed by atoms with E-state index >= 15 is 0 Å². The molecule has 1 fully saturated rings. The van der Waals surface area contributed by atoms with Crippen molar-refractivity contribution < 1.29 is 9.53 Å². The van der Waals surface area contributed by atoms with Crippen LogP contribution in [0, 0.1) is 11.8 Å². The Labute approximate surface area is 109 Å². The van der Waals surface area contributed by atoms with E-state index in [9.17, 15) is 4.79 Å². The van der Waals surface area contributed by atoms with Gasteiger partial charge in [-0.2, -0.15) is 0 Å². The number of hydrogen-bond donors (Lipinski definition) is 0. The summed E-state index contributed by atoms with van der Waals surface area (Å²) in [5, 5.41) is 0. The Morgan fingerprint density at radius 3 is 2.72 bits per heavy atom. The summed E-state index contributed by atoms with van der Waals surface area (Å²) >= 11 is 0. The molecule has 1 aliphatic carbocycles. The number of rotatable bonds is 4. The first kappa shape index (κ1) is 13.3. The Hall–Kier alpha value is -1.15. The molecule has 0 saturated heterocycles. The van der Waals surface area contributed by atoms with E-state index in [-0.39, 0.29) is 5.92 Å². The van der Waals surface area contributed by atoms with Crippen molar-refractivity contribution in [2.24, 2.45) is 11.8 Å². The molecule has 0 radical (unpaired) electrons. The summed E-state index contributed by atoms with van der Waals surface area (Å²) < 4.78 is 5.19. The maximum Gasteiger partial charge on any atom is 0.136 e. The van der Waals surface area contributed by atoms with E-state index in [1.807, 2.05) is 6.07 Å². The fourth-order valence-corrected chi connectivity index (χ4v) is 3.01. The number of hydrogen-bond acceptors (Lipinski definition) is 2. The highest BCUT2D eigenvalue weighted by Crippen LogP contribution is 2.37. The average molecular weight is 246 g/mol. The van der Waals surface area contributed by atoms with Crippen molar-refractivity contribution in [1.29, 1.82) is 0 Å². The van der Waals surface area contributed by atoms with Gasteiger partial charge in [0.1, 0.15) is 5.78 Å². The Morgan fingerprint density at radius 2 is 2.06 bits per heavy atom. The Balaban J connectivity index is 2.06. The topological polar surface area (TPSA) is 26.3 Å². The summed E-state index contributed by atoms with van der Waals surface area (Å²) in [4.78, 5) is 12.0. The lowest BCUT2D eigenvalue weighted by molar-refractivity contribution is -0.127. The van der Waals surface area contributed by atoms with Crippen molar-refractivity contribution in [1.82, 2.24) is 0 Å². The number of ether oxygens (including phenoxy) is 1. The molecule has 1 saturated carbocycles. The van der Waals surface area contributed by atoms with Gasteiger partial charge in [-0.05, 0) is 30.2 Å². The van der Waals surface area contributed by atoms with E-state index in [1.165, 1.54) is 5.56 Å². The van der Waals surface area contributed by atoms with E-state index in [2.05, 4.69) is 31.2 Å². The summed E-state index contributed by atoms with van der Waals surface area (Å²) in [7, 11) is 1.71. The van der Waals surface area contributed by atoms with Crippen LogP contribution in [0.2, 0.25) is 0 Å². The minimum absolute atomic E-state index is 0.170. The Kier molecular flexibility index (Phi) is 4.54. The molecule has 1 aromatic rings. The molecule has 0 N–H and O–H groups in total. The number of ketones is 1. The molecule has 0 bridgehead atoms. The second-order valence-electron chi connectivity index (χ2n) is 5.39. The zero-order chi connectivity index (χ0) is 13.0. The van der Waals surface area contributed by atoms with Crippen LogP contribution in [0.4, 0.5) is 0 Å². The van der Waals surface area contributed by atoms with Crippen LogP contribution < -0.4 is 0 Å². The average Bonchev–Trinajstić information content (AvgIpc) is 2.40. The molecule has 0 amide bonds. The zero-order valence-electron chi connectivity index (χ0n) is 11.3. The van der Waals surface area contributed by atoms with Gasteiger partial charge in [-0.1, -0.05) is 37.3 Å². The maximum atomic E-state index is 12.0. The Bertz CT molecular complexity index is 385. The molecule has 0 spiro atoms. The molecule has 0 aliphatic heterocycles. The third kappa shape index (κ3) is 2.99. The molecule has 3 atom stereocenters. The predicted octanol–water partition coefficient (Wildman–Crippen LogP) is 3.42. The second kappa shape index (κ2) is 6.14. The van der Waals surface area contributed by atoms with E-state index in [4.69, 9.17) is 4.74 Å². The number of methoxy groups -OCH3 is 1. The first-order chi connectivity index (χ1) is 8.72. The normalized spacial score (nSPS) is 26.0. The molecule has 0 heterocycles. The quantitative estimate of drug-likeness (QED) is 0.813. The molecule has 2 heteroatoms. The van der Waals surface area contributed by atoms with Gasteiger partial charge in [-0.25, -0.2) is 0 Å². The molecular formula is C16H22O2. The van der Waals surface area contributed by atoms with Crippen LogP contribution in [-0.4, -0.2) is 19.5 Å². The predicted molar refractivity (Wildman–Crippen MR) is 72.6 cm³/mol. The van der Waals surface area contributed by atoms with Crippen LogP contribution >= 0.6 is 0 Å². The molecular weight excluding hydrogens is 224 g/mol. The van der Waals surface area contributed by atoms with Gasteiger partial charge in [0, 0.05) is 26.1 Å². The summed E-state index contributed by atoms with van der Waals surface area (Å²) in [5.41, 5.74) is 1.37. The third-order valence-corrected chi connectivity index (χ3v) is 4.08. The van der Waals surface area contributed by atoms with Gasteiger partial charge in [0.25, 0.3) is 0 Å². The molecule has 1 aromatic carbocycles. The second-order valence-corrected chi connectivity index (χ2v) is 5.39. The molecule has 1 aliphatic rings. The van der Waals surface area contributed by atoms with Gasteiger partial charge in [-0.15, -0.1) is 0 Å². The minimum Gasteiger partial charge on any atom is -0.384 e. The lowest BCUT2D eigenvalue weighted by Crippen LogP contribution is -2.31. The van der Waals surface area contributed by atoms with Gasteiger partial charge in [0.2, 0.25) is 0 Å². The first-order valence-electron chi connectivity index (χ1n) is 6.79. The largest absolute Gasteiger partial charge is 0.384 e. The van der Waals surface area contributed by atoms with Crippen LogP contribution in [0.5, 0.6) is 0 Å². The highest BCUT2D eigenvalue weighted by molar-refractivity contribution is 5.82. The Morgan fingerprint density at radius 1 is 1.33 bits per heavy atom. The molecule has 3 unspecified atom stereocenters.